The van der Waals surface area contributed by atoms with E-state index in [0.717, 1.165) is 55.8 Å². The van der Waals surface area contributed by atoms with E-state index in [-0.39, 0.29) is 0 Å². The van der Waals surface area contributed by atoms with Crippen LogP contribution in [0, 0.1) is 23.8 Å². The first-order valence-electron chi connectivity index (χ1n) is 11.9. The van der Waals surface area contributed by atoms with E-state index in [9.17, 15) is 5.26 Å². The molecule has 2 heterocycles. The number of ether oxygens (including phenoxy) is 1. The molecule has 34 heavy (non-hydrogen) atoms. The molecule has 172 valence electrons. The summed E-state index contributed by atoms with van der Waals surface area (Å²) in [5.41, 5.74) is 2.37. The van der Waals surface area contributed by atoms with Crippen LogP contribution in [-0.2, 0) is 11.8 Å². The zero-order valence-electron chi connectivity index (χ0n) is 19.4. The van der Waals surface area contributed by atoms with Gasteiger partial charge in [-0.15, -0.1) is 0 Å². The highest BCUT2D eigenvalue weighted by atomic mass is 16.5. The van der Waals surface area contributed by atoms with E-state index in [1.54, 1.807) is 12.1 Å². The van der Waals surface area contributed by atoms with Crippen molar-refractivity contribution < 1.29 is 4.74 Å². The lowest BCUT2D eigenvalue weighted by molar-refractivity contribution is 0.139. The number of hydrogen-bond donors (Lipinski definition) is 0. The Hall–Kier alpha value is -3.67. The SMILES string of the molecule is [C-]#[N+]c1ccc(OCCCN2CCC(C(C#N)(Cc3ccncc3)c3ccccc3)CC2)cc1. The molecule has 1 unspecified atom stereocenters. The van der Waals surface area contributed by atoms with E-state index in [2.05, 4.69) is 32.9 Å². The topological polar surface area (TPSA) is 53.5 Å². The molecule has 1 fully saturated rings. The van der Waals surface area contributed by atoms with Crippen LogP contribution in [0.5, 0.6) is 5.75 Å². The van der Waals surface area contributed by atoms with E-state index in [4.69, 9.17) is 11.3 Å². The first-order valence-corrected chi connectivity index (χ1v) is 11.9. The molecule has 4 rings (SSSR count). The summed E-state index contributed by atoms with van der Waals surface area (Å²) in [6, 6.07) is 24.4. The average Bonchev–Trinajstić information content (AvgIpc) is 2.91. The maximum absolute atomic E-state index is 10.5. The summed E-state index contributed by atoms with van der Waals surface area (Å²) in [5.74, 6) is 1.12. The molecule has 5 nitrogen and oxygen atoms in total. The lowest BCUT2D eigenvalue weighted by atomic mass is 9.64. The van der Waals surface area contributed by atoms with Crippen molar-refractivity contribution in [2.24, 2.45) is 5.92 Å². The van der Waals surface area contributed by atoms with Crippen LogP contribution < -0.4 is 4.74 Å². The van der Waals surface area contributed by atoms with E-state index in [1.807, 2.05) is 54.9 Å². The highest BCUT2D eigenvalue weighted by Gasteiger charge is 2.42. The van der Waals surface area contributed by atoms with Crippen molar-refractivity contribution in [3.63, 3.8) is 0 Å². The van der Waals surface area contributed by atoms with E-state index in [0.29, 0.717) is 24.6 Å². The van der Waals surface area contributed by atoms with Crippen LogP contribution in [-0.4, -0.2) is 36.1 Å². The van der Waals surface area contributed by atoms with Gasteiger partial charge in [-0.25, -0.2) is 4.85 Å². The summed E-state index contributed by atoms with van der Waals surface area (Å²) >= 11 is 0. The van der Waals surface area contributed by atoms with Gasteiger partial charge < -0.3 is 9.64 Å². The van der Waals surface area contributed by atoms with Crippen molar-refractivity contribution in [3.05, 3.63) is 102 Å². The molecule has 1 saturated heterocycles. The molecule has 1 atom stereocenters. The molecule has 1 aliphatic rings. The quantitative estimate of drug-likeness (QED) is 0.305. The van der Waals surface area contributed by atoms with Crippen molar-refractivity contribution in [1.29, 1.82) is 5.26 Å². The third-order valence-corrected chi connectivity index (χ3v) is 6.86. The second-order valence-corrected chi connectivity index (χ2v) is 8.91. The van der Waals surface area contributed by atoms with Crippen molar-refractivity contribution in [2.75, 3.05) is 26.2 Å². The summed E-state index contributed by atoms with van der Waals surface area (Å²) in [4.78, 5) is 10.0. The Morgan fingerprint density at radius 2 is 1.74 bits per heavy atom. The number of likely N-dealkylation sites (tertiary alicyclic amines) is 1. The molecule has 0 spiro atoms. The van der Waals surface area contributed by atoms with Crippen molar-refractivity contribution >= 4 is 5.69 Å². The van der Waals surface area contributed by atoms with Gasteiger partial charge in [-0.3, -0.25) is 4.98 Å². The third kappa shape index (κ3) is 5.63. The first kappa shape index (κ1) is 23.5. The largest absolute Gasteiger partial charge is 0.494 e. The fourth-order valence-corrected chi connectivity index (χ4v) is 4.98. The fraction of sp³-hybridized carbons (Fsp3) is 0.345. The molecule has 5 heteroatoms. The highest BCUT2D eigenvalue weighted by Crippen LogP contribution is 2.41. The third-order valence-electron chi connectivity index (χ3n) is 6.86. The standard InChI is InChI=1S/C29H30N4O/c1-31-27-8-10-28(11-9-27)34-21-5-18-33-19-14-26(15-20-33)29(23-30,25-6-3-2-4-7-25)22-24-12-16-32-17-13-24/h2-4,6-13,16-17,26H,5,14-15,18-22H2. The van der Waals surface area contributed by atoms with Gasteiger partial charge in [0.15, 0.2) is 5.69 Å². The first-order chi connectivity index (χ1) is 16.7. The number of pyridine rings is 1. The zero-order chi connectivity index (χ0) is 23.6. The summed E-state index contributed by atoms with van der Waals surface area (Å²) in [6.07, 6.45) is 7.30. The molecule has 2 aromatic carbocycles. The molecule has 0 radical (unpaired) electrons. The summed E-state index contributed by atoms with van der Waals surface area (Å²) in [6.45, 7) is 10.7. The Kier molecular flexibility index (Phi) is 7.91. The smallest absolute Gasteiger partial charge is 0.187 e. The van der Waals surface area contributed by atoms with Gasteiger partial charge in [0.2, 0.25) is 0 Å². The summed E-state index contributed by atoms with van der Waals surface area (Å²) < 4.78 is 5.84. The van der Waals surface area contributed by atoms with Crippen LogP contribution in [0.3, 0.4) is 0 Å². The molecule has 0 aliphatic carbocycles. The molecule has 0 N–H and O–H groups in total. The maximum Gasteiger partial charge on any atom is 0.187 e. The number of rotatable bonds is 9. The minimum absolute atomic E-state index is 0.307. The van der Waals surface area contributed by atoms with E-state index in [1.165, 1.54) is 0 Å². The molecule has 3 aromatic rings. The zero-order valence-corrected chi connectivity index (χ0v) is 19.4. The van der Waals surface area contributed by atoms with Crippen LogP contribution in [0.1, 0.15) is 30.4 Å². The molecule has 0 saturated carbocycles. The van der Waals surface area contributed by atoms with Crippen molar-refractivity contribution in [3.8, 4) is 11.8 Å². The second-order valence-electron chi connectivity index (χ2n) is 8.91. The van der Waals surface area contributed by atoms with E-state index >= 15 is 0 Å². The normalized spacial score (nSPS) is 16.2. The van der Waals surface area contributed by atoms with Gasteiger partial charge in [0.25, 0.3) is 0 Å². The van der Waals surface area contributed by atoms with Crippen LogP contribution >= 0.6 is 0 Å². The molecule has 1 aromatic heterocycles. The molecule has 0 bridgehead atoms. The van der Waals surface area contributed by atoms with Gasteiger partial charge >= 0.3 is 0 Å². The molecular weight excluding hydrogens is 420 g/mol. The molecule has 1 aliphatic heterocycles. The fourth-order valence-electron chi connectivity index (χ4n) is 4.98. The minimum Gasteiger partial charge on any atom is -0.494 e. The Morgan fingerprint density at radius 1 is 1.03 bits per heavy atom. The monoisotopic (exact) mass is 450 g/mol. The minimum atomic E-state index is -0.532. The Bertz CT molecular complexity index is 1110. The average molecular weight is 451 g/mol. The molecule has 0 amide bonds. The number of benzene rings is 2. The Balaban J connectivity index is 1.34. The number of hydrogen-bond acceptors (Lipinski definition) is 4. The van der Waals surface area contributed by atoms with Crippen molar-refractivity contribution in [2.45, 2.75) is 31.1 Å². The number of piperidine rings is 1. The lowest BCUT2D eigenvalue weighted by Crippen LogP contribution is -2.44. The number of aromatic nitrogens is 1. The lowest BCUT2D eigenvalue weighted by Gasteiger charge is -2.41. The van der Waals surface area contributed by atoms with Crippen LogP contribution in [0.2, 0.25) is 0 Å². The maximum atomic E-state index is 10.5. The van der Waals surface area contributed by atoms with Gasteiger partial charge in [0.1, 0.15) is 5.75 Å². The summed E-state index contributed by atoms with van der Waals surface area (Å²) in [5, 5.41) is 10.5. The second kappa shape index (κ2) is 11.5. The molecular formula is C29H30N4O. The van der Waals surface area contributed by atoms with Crippen LogP contribution in [0.25, 0.3) is 4.85 Å². The van der Waals surface area contributed by atoms with Gasteiger partial charge in [-0.05, 0) is 80.1 Å². The van der Waals surface area contributed by atoms with Gasteiger partial charge in [0, 0.05) is 18.9 Å². The Labute approximate surface area is 202 Å². The van der Waals surface area contributed by atoms with Gasteiger partial charge in [-0.2, -0.15) is 5.26 Å². The number of nitriles is 1. The number of nitrogens with zero attached hydrogens (tertiary/aromatic N) is 4. The van der Waals surface area contributed by atoms with Crippen LogP contribution in [0.4, 0.5) is 5.69 Å². The predicted octanol–water partition coefficient (Wildman–Crippen LogP) is 5.82. The van der Waals surface area contributed by atoms with Crippen molar-refractivity contribution in [1.82, 2.24) is 9.88 Å². The summed E-state index contributed by atoms with van der Waals surface area (Å²) in [7, 11) is 0. The van der Waals surface area contributed by atoms with E-state index < -0.39 is 5.41 Å². The highest BCUT2D eigenvalue weighted by molar-refractivity contribution is 5.47. The Morgan fingerprint density at radius 3 is 2.38 bits per heavy atom. The van der Waals surface area contributed by atoms with Gasteiger partial charge in [-0.1, -0.05) is 42.5 Å². The predicted molar refractivity (Wildman–Crippen MR) is 134 cm³/mol. The van der Waals surface area contributed by atoms with Gasteiger partial charge in [0.05, 0.1) is 24.7 Å². The van der Waals surface area contributed by atoms with Crippen LogP contribution in [0.15, 0.2) is 79.1 Å².